The van der Waals surface area contributed by atoms with E-state index in [4.69, 9.17) is 0 Å². The minimum Gasteiger partial charge on any atom is -0.305 e. The van der Waals surface area contributed by atoms with Gasteiger partial charge in [-0.1, -0.05) is 17.5 Å². The first-order valence-corrected chi connectivity index (χ1v) is 7.19. The van der Waals surface area contributed by atoms with Crippen molar-refractivity contribution in [1.29, 1.82) is 0 Å². The van der Waals surface area contributed by atoms with E-state index in [0.29, 0.717) is 0 Å². The molecule has 0 fully saturated rings. The lowest BCUT2D eigenvalue weighted by molar-refractivity contribution is 0.593. The van der Waals surface area contributed by atoms with E-state index in [1.54, 1.807) is 6.07 Å². The zero-order chi connectivity index (χ0) is 13.8. The number of benzene rings is 1. The van der Waals surface area contributed by atoms with Gasteiger partial charge in [0, 0.05) is 0 Å². The predicted molar refractivity (Wildman–Crippen MR) is 75.9 cm³/mol. The van der Waals surface area contributed by atoms with Gasteiger partial charge in [0.1, 0.15) is 5.82 Å². The van der Waals surface area contributed by atoms with Gasteiger partial charge < -0.3 is 5.32 Å². The summed E-state index contributed by atoms with van der Waals surface area (Å²) >= 11 is 1.40. The first-order valence-electron chi connectivity index (χ1n) is 6.41. The highest BCUT2D eigenvalue weighted by atomic mass is 32.1. The van der Waals surface area contributed by atoms with Crippen molar-refractivity contribution < 1.29 is 4.39 Å². The molecule has 102 valence electrons. The highest BCUT2D eigenvalue weighted by Gasteiger charge is 2.20. The maximum Gasteiger partial charge on any atom is 0.123 e. The van der Waals surface area contributed by atoms with Crippen LogP contribution >= 0.6 is 11.5 Å². The Morgan fingerprint density at radius 2 is 2.16 bits per heavy atom. The van der Waals surface area contributed by atoms with Gasteiger partial charge in [-0.15, -0.1) is 5.10 Å². The van der Waals surface area contributed by atoms with E-state index in [-0.39, 0.29) is 11.9 Å². The van der Waals surface area contributed by atoms with Crippen molar-refractivity contribution in [3.8, 4) is 0 Å². The molecule has 19 heavy (non-hydrogen) atoms. The van der Waals surface area contributed by atoms with Crippen LogP contribution < -0.4 is 5.32 Å². The molecule has 1 aromatic carbocycles. The first-order chi connectivity index (χ1) is 9.13. The Kier molecular flexibility index (Phi) is 4.61. The minimum atomic E-state index is -0.199. The van der Waals surface area contributed by atoms with Crippen LogP contribution in [0.25, 0.3) is 0 Å². The topological polar surface area (TPSA) is 37.8 Å². The molecule has 0 bridgehead atoms. The van der Waals surface area contributed by atoms with Crippen LogP contribution in [0.15, 0.2) is 18.2 Å². The van der Waals surface area contributed by atoms with Gasteiger partial charge in [0.15, 0.2) is 0 Å². The smallest absolute Gasteiger partial charge is 0.123 e. The molecule has 2 aromatic rings. The standard InChI is InChI=1S/C14H18FN3S/c1-4-7-16-13(14-10(3)17-18-19-14)12-6-5-11(15)8-9(12)2/h5-6,8,13,16H,4,7H2,1-3H3. The van der Waals surface area contributed by atoms with Crippen LogP contribution in [-0.2, 0) is 0 Å². The summed E-state index contributed by atoms with van der Waals surface area (Å²) in [5.41, 5.74) is 2.97. The summed E-state index contributed by atoms with van der Waals surface area (Å²) in [6.07, 6.45) is 1.04. The van der Waals surface area contributed by atoms with Crippen LogP contribution in [0, 0.1) is 19.7 Å². The number of rotatable bonds is 5. The van der Waals surface area contributed by atoms with Crippen LogP contribution in [0.4, 0.5) is 4.39 Å². The van der Waals surface area contributed by atoms with Gasteiger partial charge in [-0.2, -0.15) is 0 Å². The maximum atomic E-state index is 13.2. The molecule has 0 saturated carbocycles. The van der Waals surface area contributed by atoms with Crippen molar-refractivity contribution >= 4 is 11.5 Å². The van der Waals surface area contributed by atoms with Crippen LogP contribution in [0.2, 0.25) is 0 Å². The van der Waals surface area contributed by atoms with Crippen molar-refractivity contribution in [2.24, 2.45) is 0 Å². The van der Waals surface area contributed by atoms with Crippen LogP contribution in [-0.4, -0.2) is 16.1 Å². The third kappa shape index (κ3) is 3.16. The Morgan fingerprint density at radius 3 is 2.74 bits per heavy atom. The van der Waals surface area contributed by atoms with Gasteiger partial charge in [0.2, 0.25) is 0 Å². The Hall–Kier alpha value is -1.33. The fourth-order valence-electron chi connectivity index (χ4n) is 2.10. The third-order valence-electron chi connectivity index (χ3n) is 3.09. The van der Waals surface area contributed by atoms with Crippen LogP contribution in [0.3, 0.4) is 0 Å². The van der Waals surface area contributed by atoms with Gasteiger partial charge in [-0.3, -0.25) is 0 Å². The summed E-state index contributed by atoms with van der Waals surface area (Å²) < 4.78 is 17.2. The van der Waals surface area contributed by atoms with Crippen molar-refractivity contribution in [1.82, 2.24) is 14.9 Å². The summed E-state index contributed by atoms with van der Waals surface area (Å²) in [6.45, 7) is 6.92. The molecule has 2 rings (SSSR count). The molecular formula is C14H18FN3S. The molecule has 1 unspecified atom stereocenters. The lowest BCUT2D eigenvalue weighted by Gasteiger charge is -2.19. The van der Waals surface area contributed by atoms with Crippen molar-refractivity contribution in [2.75, 3.05) is 6.54 Å². The number of hydrogen-bond acceptors (Lipinski definition) is 4. The largest absolute Gasteiger partial charge is 0.305 e. The molecule has 0 aliphatic heterocycles. The molecule has 0 aliphatic carbocycles. The summed E-state index contributed by atoms with van der Waals surface area (Å²) in [5.74, 6) is -0.199. The number of aromatic nitrogens is 2. The minimum absolute atomic E-state index is 0.0422. The average molecular weight is 279 g/mol. The van der Waals surface area contributed by atoms with Gasteiger partial charge >= 0.3 is 0 Å². The number of aryl methyl sites for hydroxylation is 2. The van der Waals surface area contributed by atoms with E-state index in [1.165, 1.54) is 17.6 Å². The number of hydrogen-bond donors (Lipinski definition) is 1. The molecular weight excluding hydrogens is 261 g/mol. The second-order valence-corrected chi connectivity index (χ2v) is 5.40. The molecule has 1 N–H and O–H groups in total. The van der Waals surface area contributed by atoms with E-state index >= 15 is 0 Å². The summed E-state index contributed by atoms with van der Waals surface area (Å²) in [5, 5.41) is 7.57. The first kappa shape index (κ1) is 14.1. The average Bonchev–Trinajstić information content (AvgIpc) is 2.78. The molecule has 0 amide bonds. The van der Waals surface area contributed by atoms with Crippen molar-refractivity contribution in [3.05, 3.63) is 45.7 Å². The zero-order valence-corrected chi connectivity index (χ0v) is 12.2. The van der Waals surface area contributed by atoms with E-state index in [9.17, 15) is 4.39 Å². The van der Waals surface area contributed by atoms with Gasteiger partial charge in [0.25, 0.3) is 0 Å². The molecule has 0 spiro atoms. The Balaban J connectivity index is 2.40. The van der Waals surface area contributed by atoms with Gasteiger partial charge in [-0.05, 0) is 61.6 Å². The summed E-state index contributed by atoms with van der Waals surface area (Å²) in [6, 6.07) is 4.96. The normalized spacial score (nSPS) is 12.6. The number of nitrogens with one attached hydrogen (secondary N) is 1. The molecule has 3 nitrogen and oxygen atoms in total. The van der Waals surface area contributed by atoms with Gasteiger partial charge in [0.05, 0.1) is 16.6 Å². The Bertz CT molecular complexity index is 553. The van der Waals surface area contributed by atoms with Gasteiger partial charge in [-0.25, -0.2) is 4.39 Å². The second kappa shape index (κ2) is 6.21. The van der Waals surface area contributed by atoms with E-state index < -0.39 is 0 Å². The van der Waals surface area contributed by atoms with E-state index in [0.717, 1.165) is 34.7 Å². The van der Waals surface area contributed by atoms with Crippen LogP contribution in [0.1, 0.15) is 41.1 Å². The Labute approximate surface area is 117 Å². The summed E-state index contributed by atoms with van der Waals surface area (Å²) in [7, 11) is 0. The molecule has 0 aliphatic rings. The quantitative estimate of drug-likeness (QED) is 0.911. The monoisotopic (exact) mass is 279 g/mol. The van der Waals surface area contributed by atoms with Crippen LogP contribution in [0.5, 0.6) is 0 Å². The molecule has 0 saturated heterocycles. The number of halogens is 1. The second-order valence-electron chi connectivity index (χ2n) is 4.61. The molecule has 1 heterocycles. The molecule has 1 aromatic heterocycles. The van der Waals surface area contributed by atoms with Crippen molar-refractivity contribution in [2.45, 2.75) is 33.2 Å². The lowest BCUT2D eigenvalue weighted by Crippen LogP contribution is -2.23. The van der Waals surface area contributed by atoms with E-state index in [1.807, 2.05) is 19.9 Å². The molecule has 1 atom stereocenters. The lowest BCUT2D eigenvalue weighted by atomic mass is 9.99. The summed E-state index contributed by atoms with van der Waals surface area (Å²) in [4.78, 5) is 1.10. The van der Waals surface area contributed by atoms with E-state index in [2.05, 4.69) is 21.8 Å². The highest BCUT2D eigenvalue weighted by Crippen LogP contribution is 2.29. The third-order valence-corrected chi connectivity index (χ3v) is 3.98. The maximum absolute atomic E-state index is 13.2. The fourth-order valence-corrected chi connectivity index (χ4v) is 2.84. The predicted octanol–water partition coefficient (Wildman–Crippen LogP) is 3.38. The Morgan fingerprint density at radius 1 is 1.37 bits per heavy atom. The zero-order valence-electron chi connectivity index (χ0n) is 11.4. The fraction of sp³-hybridized carbons (Fsp3) is 0.429. The highest BCUT2D eigenvalue weighted by molar-refractivity contribution is 7.05. The molecule has 5 heteroatoms. The molecule has 0 radical (unpaired) electrons. The number of nitrogens with zero attached hydrogens (tertiary/aromatic N) is 2. The SMILES string of the molecule is CCCNC(c1ccc(F)cc1C)c1snnc1C. The van der Waals surface area contributed by atoms with Crippen molar-refractivity contribution in [3.63, 3.8) is 0 Å².